The lowest BCUT2D eigenvalue weighted by Gasteiger charge is -2.34. The number of rotatable bonds is 10. The van der Waals surface area contributed by atoms with E-state index >= 15 is 0 Å². The van der Waals surface area contributed by atoms with Gasteiger partial charge in [0.2, 0.25) is 11.8 Å². The van der Waals surface area contributed by atoms with E-state index in [2.05, 4.69) is 17.6 Å². The molecule has 0 radical (unpaired) electrons. The Morgan fingerprint density at radius 1 is 1.09 bits per heavy atom. The van der Waals surface area contributed by atoms with Gasteiger partial charge in [-0.25, -0.2) is 4.79 Å². The van der Waals surface area contributed by atoms with Gasteiger partial charge in [0.05, 0.1) is 0 Å². The predicted octanol–water partition coefficient (Wildman–Crippen LogP) is 5.34. The molecule has 2 rings (SSSR count). The van der Waals surface area contributed by atoms with Gasteiger partial charge in [0.15, 0.2) is 0 Å². The molecule has 0 heterocycles. The van der Waals surface area contributed by atoms with Gasteiger partial charge in [-0.15, -0.1) is 0 Å². The highest BCUT2D eigenvalue weighted by Crippen LogP contribution is 2.28. The third-order valence-corrected chi connectivity index (χ3v) is 6.56. The number of unbranched alkanes of at least 4 members (excludes halogenated alkanes) is 2. The van der Waals surface area contributed by atoms with Gasteiger partial charge in [0, 0.05) is 12.6 Å². The Kier molecular flexibility index (Phi) is 11.1. The normalized spacial score (nSPS) is 15.3. The molecule has 0 spiro atoms. The molecule has 1 aromatic rings. The van der Waals surface area contributed by atoms with Crippen molar-refractivity contribution >= 4 is 17.9 Å². The van der Waals surface area contributed by atoms with Crippen molar-refractivity contribution in [1.29, 1.82) is 0 Å². The Morgan fingerprint density at radius 3 is 2.40 bits per heavy atom. The highest BCUT2D eigenvalue weighted by Gasteiger charge is 2.34. The number of nitrogens with one attached hydrogen (secondary N) is 2. The van der Waals surface area contributed by atoms with Crippen LogP contribution in [0.25, 0.3) is 0 Å². The minimum atomic E-state index is -0.749. The predicted molar refractivity (Wildman–Crippen MR) is 139 cm³/mol. The molecular weight excluding hydrogens is 442 g/mol. The van der Waals surface area contributed by atoms with Crippen LogP contribution in [0.15, 0.2) is 18.2 Å². The van der Waals surface area contributed by atoms with Crippen molar-refractivity contribution in [2.75, 3.05) is 13.1 Å². The Bertz CT molecular complexity index is 856. The lowest BCUT2D eigenvalue weighted by atomic mass is 9.92. The summed E-state index contributed by atoms with van der Waals surface area (Å²) in [6, 6.07) is 5.28. The Labute approximate surface area is 211 Å². The van der Waals surface area contributed by atoms with Gasteiger partial charge in [0.25, 0.3) is 0 Å². The van der Waals surface area contributed by atoms with Crippen molar-refractivity contribution in [2.45, 2.75) is 111 Å². The maximum Gasteiger partial charge on any atom is 0.408 e. The maximum absolute atomic E-state index is 13.8. The number of carbonyl (C=O) groups is 3. The van der Waals surface area contributed by atoms with Gasteiger partial charge in [-0.3, -0.25) is 9.59 Å². The molecule has 0 bridgehead atoms. The number of aryl methyl sites for hydroxylation is 1. The molecule has 0 saturated heterocycles. The van der Waals surface area contributed by atoms with E-state index in [1.165, 1.54) is 6.42 Å². The van der Waals surface area contributed by atoms with Gasteiger partial charge < -0.3 is 20.3 Å². The van der Waals surface area contributed by atoms with Crippen molar-refractivity contribution in [3.63, 3.8) is 0 Å². The fourth-order valence-corrected chi connectivity index (χ4v) is 4.54. The van der Waals surface area contributed by atoms with Crippen LogP contribution in [0.4, 0.5) is 4.79 Å². The summed E-state index contributed by atoms with van der Waals surface area (Å²) in [5.41, 5.74) is 2.26. The number of hydrogen-bond acceptors (Lipinski definition) is 4. The number of alkyl carbamates (subject to hydrolysis) is 1. The van der Waals surface area contributed by atoms with E-state index in [1.54, 1.807) is 25.7 Å². The Balaban J connectivity index is 2.33. The zero-order chi connectivity index (χ0) is 26.0. The average Bonchev–Trinajstić information content (AvgIpc) is 2.79. The van der Waals surface area contributed by atoms with Crippen LogP contribution in [0.5, 0.6) is 0 Å². The van der Waals surface area contributed by atoms with Crippen LogP contribution < -0.4 is 10.6 Å². The second kappa shape index (κ2) is 13.5. The number of nitrogens with zero attached hydrogens (tertiary/aromatic N) is 1. The Hall–Kier alpha value is -2.57. The molecule has 7 heteroatoms. The molecule has 1 aliphatic carbocycles. The maximum atomic E-state index is 13.8. The third kappa shape index (κ3) is 9.19. The lowest BCUT2D eigenvalue weighted by molar-refractivity contribution is -0.140. The summed E-state index contributed by atoms with van der Waals surface area (Å²) in [7, 11) is 0. The van der Waals surface area contributed by atoms with E-state index in [1.807, 2.05) is 32.0 Å². The van der Waals surface area contributed by atoms with Crippen molar-refractivity contribution < 1.29 is 19.1 Å². The van der Waals surface area contributed by atoms with Gasteiger partial charge in [0.1, 0.15) is 18.2 Å². The van der Waals surface area contributed by atoms with Crippen LogP contribution >= 0.6 is 0 Å². The standard InChI is InChI=1S/C28H45N3O4/c1-7-8-12-18-31(24(32)19-29-27(34)35-28(4,5)6)25(23-17-13-14-20(2)21(23)3)26(33)30-22-15-10-9-11-16-22/h13-14,17,22,25H,7-12,15-16,18-19H2,1-6H3,(H,29,34)(H,30,33). The fraction of sp³-hybridized carbons (Fsp3) is 0.679. The van der Waals surface area contributed by atoms with E-state index in [-0.39, 0.29) is 24.4 Å². The SMILES string of the molecule is CCCCCN(C(=O)CNC(=O)OC(C)(C)C)C(C(=O)NC1CCCCC1)c1cccc(C)c1C. The monoisotopic (exact) mass is 487 g/mol. The molecule has 1 unspecified atom stereocenters. The van der Waals surface area contributed by atoms with Gasteiger partial charge in [-0.2, -0.15) is 0 Å². The highest BCUT2D eigenvalue weighted by atomic mass is 16.6. The van der Waals surface area contributed by atoms with E-state index in [0.717, 1.165) is 61.6 Å². The Morgan fingerprint density at radius 2 is 1.77 bits per heavy atom. The summed E-state index contributed by atoms with van der Waals surface area (Å²) in [6.45, 7) is 11.7. The number of carbonyl (C=O) groups excluding carboxylic acids is 3. The lowest BCUT2D eigenvalue weighted by Crippen LogP contribution is -2.50. The first-order valence-corrected chi connectivity index (χ1v) is 13.2. The second-order valence-electron chi connectivity index (χ2n) is 10.7. The molecule has 1 aromatic carbocycles. The molecule has 1 aliphatic rings. The highest BCUT2D eigenvalue weighted by molar-refractivity contribution is 5.91. The van der Waals surface area contributed by atoms with Crippen LogP contribution in [-0.2, 0) is 14.3 Å². The van der Waals surface area contributed by atoms with Crippen LogP contribution in [0.3, 0.4) is 0 Å². The van der Waals surface area contributed by atoms with Gasteiger partial charge in [-0.1, -0.05) is 57.2 Å². The average molecular weight is 488 g/mol. The summed E-state index contributed by atoms with van der Waals surface area (Å²) in [6.07, 6.45) is 7.44. The molecular formula is C28H45N3O4. The van der Waals surface area contributed by atoms with E-state index in [0.29, 0.717) is 6.54 Å². The fourth-order valence-electron chi connectivity index (χ4n) is 4.54. The van der Waals surface area contributed by atoms with Crippen LogP contribution in [-0.4, -0.2) is 47.5 Å². The molecule has 2 N–H and O–H groups in total. The van der Waals surface area contributed by atoms with E-state index < -0.39 is 17.7 Å². The molecule has 1 saturated carbocycles. The number of hydrogen-bond donors (Lipinski definition) is 2. The molecule has 7 nitrogen and oxygen atoms in total. The number of ether oxygens (including phenoxy) is 1. The van der Waals surface area contributed by atoms with Gasteiger partial charge in [-0.05, 0) is 70.6 Å². The first-order valence-electron chi connectivity index (χ1n) is 13.2. The van der Waals surface area contributed by atoms with Crippen LogP contribution in [0.1, 0.15) is 102 Å². The van der Waals surface area contributed by atoms with E-state index in [9.17, 15) is 14.4 Å². The van der Waals surface area contributed by atoms with Crippen molar-refractivity contribution in [3.8, 4) is 0 Å². The summed E-state index contributed by atoms with van der Waals surface area (Å²) < 4.78 is 5.29. The summed E-state index contributed by atoms with van der Waals surface area (Å²) in [4.78, 5) is 41.1. The molecule has 35 heavy (non-hydrogen) atoms. The van der Waals surface area contributed by atoms with Crippen molar-refractivity contribution in [3.05, 3.63) is 34.9 Å². The molecule has 1 atom stereocenters. The van der Waals surface area contributed by atoms with Crippen LogP contribution in [0, 0.1) is 13.8 Å². The topological polar surface area (TPSA) is 87.7 Å². The minimum Gasteiger partial charge on any atom is -0.444 e. The minimum absolute atomic E-state index is 0.136. The summed E-state index contributed by atoms with van der Waals surface area (Å²) >= 11 is 0. The molecule has 3 amide bonds. The number of amides is 3. The quantitative estimate of drug-likeness (QED) is 0.436. The third-order valence-electron chi connectivity index (χ3n) is 6.56. The largest absolute Gasteiger partial charge is 0.444 e. The first kappa shape index (κ1) is 28.7. The summed E-state index contributed by atoms with van der Waals surface area (Å²) in [5.74, 6) is -0.440. The molecule has 0 aromatic heterocycles. The van der Waals surface area contributed by atoms with E-state index in [4.69, 9.17) is 4.74 Å². The zero-order valence-corrected chi connectivity index (χ0v) is 22.5. The summed E-state index contributed by atoms with van der Waals surface area (Å²) in [5, 5.41) is 5.82. The van der Waals surface area contributed by atoms with Crippen molar-refractivity contribution in [2.24, 2.45) is 0 Å². The van der Waals surface area contributed by atoms with Gasteiger partial charge >= 0.3 is 6.09 Å². The number of benzene rings is 1. The molecule has 1 fully saturated rings. The molecule has 196 valence electrons. The second-order valence-corrected chi connectivity index (χ2v) is 10.7. The molecule has 0 aliphatic heterocycles. The van der Waals surface area contributed by atoms with Crippen LogP contribution in [0.2, 0.25) is 0 Å². The van der Waals surface area contributed by atoms with Crippen molar-refractivity contribution in [1.82, 2.24) is 15.5 Å². The first-order chi connectivity index (χ1) is 16.5. The zero-order valence-electron chi connectivity index (χ0n) is 22.5. The smallest absolute Gasteiger partial charge is 0.408 e.